The van der Waals surface area contributed by atoms with Gasteiger partial charge in [-0.2, -0.15) is 0 Å². The third-order valence-corrected chi connectivity index (χ3v) is 7.48. The number of ether oxygens (including phenoxy) is 1. The van der Waals surface area contributed by atoms with Crippen LogP contribution in [-0.2, 0) is 9.53 Å². The predicted molar refractivity (Wildman–Crippen MR) is 106 cm³/mol. The molecule has 4 fully saturated rings. The molecular formula is C23H32N2O2. The minimum Gasteiger partial charge on any atom is -0.381 e. The van der Waals surface area contributed by atoms with Crippen molar-refractivity contribution in [2.24, 2.45) is 5.41 Å². The number of hydrogen-bond donors (Lipinski definition) is 0. The van der Waals surface area contributed by atoms with E-state index in [1.807, 2.05) is 0 Å². The lowest BCUT2D eigenvalue weighted by Gasteiger charge is -2.51. The molecule has 0 radical (unpaired) electrons. The first-order chi connectivity index (χ1) is 13.2. The molecule has 1 amide bonds. The summed E-state index contributed by atoms with van der Waals surface area (Å²) in [7, 11) is 0. The number of piperidine rings is 2. The standard InChI is InChI=1S/C23H32N2O2/c26-22-21(18-4-2-1-3-5-18)16-23(17-25(22)20-6-7-20)10-12-24(13-11-23)19-8-14-27-15-9-19/h1-5,19-21H,6-17H2/t21-/m1/s1. The Labute approximate surface area is 162 Å². The molecule has 5 rings (SSSR count). The molecule has 146 valence electrons. The van der Waals surface area contributed by atoms with Crippen LogP contribution in [-0.4, -0.2) is 60.6 Å². The fourth-order valence-electron chi connectivity index (χ4n) is 5.64. The van der Waals surface area contributed by atoms with Gasteiger partial charge in [0.05, 0.1) is 5.92 Å². The van der Waals surface area contributed by atoms with E-state index < -0.39 is 0 Å². The minimum absolute atomic E-state index is 0.0650. The molecule has 0 unspecified atom stereocenters. The highest BCUT2D eigenvalue weighted by atomic mass is 16.5. The highest BCUT2D eigenvalue weighted by Gasteiger charge is 2.49. The molecule has 3 heterocycles. The van der Waals surface area contributed by atoms with Crippen LogP contribution in [0.3, 0.4) is 0 Å². The van der Waals surface area contributed by atoms with Gasteiger partial charge < -0.3 is 14.5 Å². The van der Waals surface area contributed by atoms with Gasteiger partial charge in [0.1, 0.15) is 0 Å². The molecule has 4 heteroatoms. The third-order valence-electron chi connectivity index (χ3n) is 7.48. The van der Waals surface area contributed by atoms with Gasteiger partial charge >= 0.3 is 0 Å². The van der Waals surface area contributed by atoms with Crippen molar-refractivity contribution in [2.75, 3.05) is 32.8 Å². The van der Waals surface area contributed by atoms with E-state index in [-0.39, 0.29) is 5.92 Å². The Bertz CT molecular complexity index is 658. The van der Waals surface area contributed by atoms with Crippen LogP contribution < -0.4 is 0 Å². The first-order valence-electron chi connectivity index (χ1n) is 10.9. The quantitative estimate of drug-likeness (QED) is 0.819. The van der Waals surface area contributed by atoms with Gasteiger partial charge in [0.25, 0.3) is 0 Å². The van der Waals surface area contributed by atoms with Gasteiger partial charge in [0.2, 0.25) is 5.91 Å². The molecule has 1 atom stereocenters. The van der Waals surface area contributed by atoms with E-state index in [0.29, 0.717) is 23.4 Å². The SMILES string of the molecule is O=C1[C@@H](c2ccccc2)CC2(CCN(C3CCOCC3)CC2)CN1C1CC1. The van der Waals surface area contributed by atoms with E-state index in [0.717, 1.165) is 26.2 Å². The van der Waals surface area contributed by atoms with Crippen molar-refractivity contribution in [3.05, 3.63) is 35.9 Å². The van der Waals surface area contributed by atoms with Crippen molar-refractivity contribution in [2.45, 2.75) is 62.9 Å². The van der Waals surface area contributed by atoms with Crippen LogP contribution in [0.2, 0.25) is 0 Å². The summed E-state index contributed by atoms with van der Waals surface area (Å²) in [6.45, 7) is 5.23. The van der Waals surface area contributed by atoms with Gasteiger partial charge in [-0.05, 0) is 69.0 Å². The Kier molecular flexibility index (Phi) is 4.73. The third kappa shape index (κ3) is 3.54. The number of hydrogen-bond acceptors (Lipinski definition) is 3. The summed E-state index contributed by atoms with van der Waals surface area (Å²) in [5.74, 6) is 0.455. The summed E-state index contributed by atoms with van der Waals surface area (Å²) in [4.78, 5) is 18.2. The number of benzene rings is 1. The van der Waals surface area contributed by atoms with Crippen LogP contribution in [0, 0.1) is 5.41 Å². The van der Waals surface area contributed by atoms with Crippen LogP contribution in [0.1, 0.15) is 56.4 Å². The molecule has 4 aliphatic rings. The summed E-state index contributed by atoms with van der Waals surface area (Å²) >= 11 is 0. The molecule has 1 saturated carbocycles. The second kappa shape index (κ2) is 7.21. The molecule has 0 N–H and O–H groups in total. The number of carbonyl (C=O) groups excluding carboxylic acids is 1. The van der Waals surface area contributed by atoms with Crippen molar-refractivity contribution >= 4 is 5.91 Å². The molecule has 3 aliphatic heterocycles. The second-order valence-corrected chi connectivity index (χ2v) is 9.24. The predicted octanol–water partition coefficient (Wildman–Crippen LogP) is 3.43. The molecular weight excluding hydrogens is 336 g/mol. The minimum atomic E-state index is 0.0650. The van der Waals surface area contributed by atoms with Crippen molar-refractivity contribution in [3.63, 3.8) is 0 Å². The molecule has 1 aliphatic carbocycles. The molecule has 3 saturated heterocycles. The molecule has 0 bridgehead atoms. The van der Waals surface area contributed by atoms with Crippen LogP contribution in [0.5, 0.6) is 0 Å². The largest absolute Gasteiger partial charge is 0.381 e. The summed E-state index contributed by atoms with van der Waals surface area (Å²) in [5.41, 5.74) is 1.54. The van der Waals surface area contributed by atoms with E-state index in [1.54, 1.807) is 0 Å². The van der Waals surface area contributed by atoms with Crippen LogP contribution in [0.15, 0.2) is 30.3 Å². The van der Waals surface area contributed by atoms with Crippen LogP contribution in [0.4, 0.5) is 0 Å². The summed E-state index contributed by atoms with van der Waals surface area (Å²) in [6.07, 6.45) is 8.31. The summed E-state index contributed by atoms with van der Waals surface area (Å²) in [5, 5.41) is 0. The van der Waals surface area contributed by atoms with Crippen molar-refractivity contribution in [1.82, 2.24) is 9.80 Å². The van der Waals surface area contributed by atoms with Gasteiger partial charge in [-0.25, -0.2) is 0 Å². The molecule has 1 aromatic carbocycles. The smallest absolute Gasteiger partial charge is 0.230 e. The Morgan fingerprint density at radius 3 is 2.30 bits per heavy atom. The molecule has 1 aromatic rings. The maximum atomic E-state index is 13.2. The van der Waals surface area contributed by atoms with Crippen molar-refractivity contribution in [1.29, 1.82) is 0 Å². The number of likely N-dealkylation sites (tertiary alicyclic amines) is 2. The fourth-order valence-corrected chi connectivity index (χ4v) is 5.64. The number of amides is 1. The Morgan fingerprint density at radius 2 is 1.63 bits per heavy atom. The van der Waals surface area contributed by atoms with Gasteiger partial charge in [-0.15, -0.1) is 0 Å². The van der Waals surface area contributed by atoms with Crippen molar-refractivity contribution < 1.29 is 9.53 Å². The zero-order valence-electron chi connectivity index (χ0n) is 16.3. The summed E-state index contributed by atoms with van der Waals surface area (Å²) < 4.78 is 5.55. The molecule has 27 heavy (non-hydrogen) atoms. The first-order valence-corrected chi connectivity index (χ1v) is 10.9. The van der Waals surface area contributed by atoms with Gasteiger partial charge in [0.15, 0.2) is 0 Å². The van der Waals surface area contributed by atoms with E-state index in [2.05, 4.69) is 40.1 Å². The van der Waals surface area contributed by atoms with Crippen LogP contribution >= 0.6 is 0 Å². The average molecular weight is 369 g/mol. The van der Waals surface area contributed by atoms with Gasteiger partial charge in [-0.3, -0.25) is 4.79 Å². The van der Waals surface area contributed by atoms with E-state index >= 15 is 0 Å². The highest BCUT2D eigenvalue weighted by molar-refractivity contribution is 5.85. The van der Waals surface area contributed by atoms with E-state index in [1.165, 1.54) is 57.2 Å². The lowest BCUT2D eigenvalue weighted by molar-refractivity contribution is -0.143. The lowest BCUT2D eigenvalue weighted by atomic mass is 9.67. The molecule has 0 aromatic heterocycles. The molecule has 4 nitrogen and oxygen atoms in total. The Balaban J connectivity index is 1.33. The van der Waals surface area contributed by atoms with E-state index in [9.17, 15) is 4.79 Å². The van der Waals surface area contributed by atoms with Gasteiger partial charge in [-0.1, -0.05) is 30.3 Å². The number of nitrogens with zero attached hydrogens (tertiary/aromatic N) is 2. The molecule has 1 spiro atoms. The van der Waals surface area contributed by atoms with Gasteiger partial charge in [0, 0.05) is 31.8 Å². The maximum Gasteiger partial charge on any atom is 0.230 e. The first kappa shape index (κ1) is 17.7. The second-order valence-electron chi connectivity index (χ2n) is 9.24. The lowest BCUT2D eigenvalue weighted by Crippen LogP contribution is -2.56. The monoisotopic (exact) mass is 368 g/mol. The number of carbonyl (C=O) groups is 1. The number of rotatable bonds is 3. The zero-order valence-corrected chi connectivity index (χ0v) is 16.3. The maximum absolute atomic E-state index is 13.2. The highest BCUT2D eigenvalue weighted by Crippen LogP contribution is 2.48. The average Bonchev–Trinajstić information content (AvgIpc) is 3.57. The Hall–Kier alpha value is -1.39. The fraction of sp³-hybridized carbons (Fsp3) is 0.696. The zero-order chi connectivity index (χ0) is 18.3. The van der Waals surface area contributed by atoms with E-state index in [4.69, 9.17) is 4.74 Å². The van der Waals surface area contributed by atoms with Crippen molar-refractivity contribution in [3.8, 4) is 0 Å². The normalized spacial score (nSPS) is 30.0. The Morgan fingerprint density at radius 1 is 0.926 bits per heavy atom. The van der Waals surface area contributed by atoms with Crippen LogP contribution in [0.25, 0.3) is 0 Å². The topological polar surface area (TPSA) is 32.8 Å². The summed E-state index contributed by atoms with van der Waals surface area (Å²) in [6, 6.07) is 11.8.